The number of aryl methyl sites for hydroxylation is 1. The summed E-state index contributed by atoms with van der Waals surface area (Å²) in [7, 11) is 0. The van der Waals surface area contributed by atoms with Gasteiger partial charge < -0.3 is 18.7 Å². The van der Waals surface area contributed by atoms with Crippen molar-refractivity contribution in [2.75, 3.05) is 6.79 Å². The Bertz CT molecular complexity index is 1230. The molecule has 0 radical (unpaired) electrons. The first-order chi connectivity index (χ1) is 14.7. The summed E-state index contributed by atoms with van der Waals surface area (Å²) < 4.78 is 24.1. The van der Waals surface area contributed by atoms with Crippen LogP contribution in [0, 0.1) is 6.92 Å². The second kappa shape index (κ2) is 6.67. The molecule has 2 aromatic heterocycles. The summed E-state index contributed by atoms with van der Waals surface area (Å²) in [5.41, 5.74) is 4.47. The predicted molar refractivity (Wildman–Crippen MR) is 104 cm³/mol. The maximum absolute atomic E-state index is 6.08. The molecule has 1 atom stereocenters. The number of ether oxygens (including phenoxy) is 3. The highest BCUT2D eigenvalue weighted by Crippen LogP contribution is 2.36. The molecule has 2 aliphatic rings. The molecule has 2 aliphatic heterocycles. The molecule has 0 unspecified atom stereocenters. The van der Waals surface area contributed by atoms with Gasteiger partial charge in [-0.1, -0.05) is 40.2 Å². The molecule has 0 fully saturated rings. The SMILES string of the molecule is Cc1ccc([C@H]2Cn3nnc(-c4noc(-c5ccc6c(c5)OCO6)n4)c3CO2)cc1. The summed E-state index contributed by atoms with van der Waals surface area (Å²) in [4.78, 5) is 4.50. The van der Waals surface area contributed by atoms with Gasteiger partial charge in [0.1, 0.15) is 6.10 Å². The van der Waals surface area contributed by atoms with Crippen molar-refractivity contribution in [1.29, 1.82) is 0 Å². The largest absolute Gasteiger partial charge is 0.454 e. The maximum Gasteiger partial charge on any atom is 0.258 e. The Kier molecular flexibility index (Phi) is 3.81. The first kappa shape index (κ1) is 17.2. The van der Waals surface area contributed by atoms with E-state index >= 15 is 0 Å². The van der Waals surface area contributed by atoms with E-state index in [0.717, 1.165) is 16.8 Å². The number of hydrogen-bond acceptors (Lipinski definition) is 8. The molecule has 0 bridgehead atoms. The minimum absolute atomic E-state index is 0.0675. The first-order valence-electron chi connectivity index (χ1n) is 9.59. The Labute approximate surface area is 171 Å². The first-order valence-corrected chi connectivity index (χ1v) is 9.59. The highest BCUT2D eigenvalue weighted by molar-refractivity contribution is 5.62. The van der Waals surface area contributed by atoms with Crippen LogP contribution in [0.3, 0.4) is 0 Å². The van der Waals surface area contributed by atoms with Crippen molar-refractivity contribution < 1.29 is 18.7 Å². The van der Waals surface area contributed by atoms with Crippen molar-refractivity contribution in [3.8, 4) is 34.5 Å². The van der Waals surface area contributed by atoms with Gasteiger partial charge in [-0.3, -0.25) is 0 Å². The fourth-order valence-electron chi connectivity index (χ4n) is 3.63. The summed E-state index contributed by atoms with van der Waals surface area (Å²) in [6, 6.07) is 13.8. The lowest BCUT2D eigenvalue weighted by Gasteiger charge is -2.24. The van der Waals surface area contributed by atoms with Crippen LogP contribution in [-0.2, 0) is 17.9 Å². The van der Waals surface area contributed by atoms with E-state index in [1.165, 1.54) is 5.56 Å². The third-order valence-corrected chi connectivity index (χ3v) is 5.30. The topological polar surface area (TPSA) is 97.3 Å². The molecule has 0 amide bonds. The second-order valence-electron chi connectivity index (χ2n) is 7.27. The number of aromatic nitrogens is 5. The van der Waals surface area contributed by atoms with Crippen LogP contribution in [0.1, 0.15) is 22.9 Å². The monoisotopic (exact) mass is 403 g/mol. The molecule has 9 heteroatoms. The quantitative estimate of drug-likeness (QED) is 0.514. The van der Waals surface area contributed by atoms with Crippen molar-refractivity contribution in [3.05, 3.63) is 59.3 Å². The standard InChI is InChI=1S/C21H17N5O4/c1-12-2-4-13(5-3-12)18-9-26-15(10-27-18)19(23-25-26)20-22-21(30-24-20)14-6-7-16-17(8-14)29-11-28-16/h2-8,18H,9-11H2,1H3/t18-/m1/s1. The lowest BCUT2D eigenvalue weighted by atomic mass is 10.1. The molecule has 150 valence electrons. The fraction of sp³-hybridized carbons (Fsp3) is 0.238. The number of benzene rings is 2. The van der Waals surface area contributed by atoms with Crippen molar-refractivity contribution in [2.45, 2.75) is 26.2 Å². The zero-order valence-corrected chi connectivity index (χ0v) is 16.1. The molecule has 30 heavy (non-hydrogen) atoms. The highest BCUT2D eigenvalue weighted by atomic mass is 16.7. The summed E-state index contributed by atoms with van der Waals surface area (Å²) in [5.74, 6) is 2.11. The fourth-order valence-corrected chi connectivity index (χ4v) is 3.63. The molecule has 9 nitrogen and oxygen atoms in total. The predicted octanol–water partition coefficient (Wildman–Crippen LogP) is 3.30. The number of fused-ring (bicyclic) bond motifs is 2. The van der Waals surface area contributed by atoms with Gasteiger partial charge in [-0.2, -0.15) is 4.98 Å². The zero-order valence-electron chi connectivity index (χ0n) is 16.1. The summed E-state index contributed by atoms with van der Waals surface area (Å²) in [5, 5.41) is 12.7. The third kappa shape index (κ3) is 2.82. The minimum Gasteiger partial charge on any atom is -0.454 e. The van der Waals surface area contributed by atoms with E-state index in [-0.39, 0.29) is 12.9 Å². The van der Waals surface area contributed by atoms with E-state index in [4.69, 9.17) is 18.7 Å². The van der Waals surface area contributed by atoms with Gasteiger partial charge >= 0.3 is 0 Å². The molecule has 2 aromatic carbocycles. The van der Waals surface area contributed by atoms with Gasteiger partial charge in [0.15, 0.2) is 17.2 Å². The molecule has 4 heterocycles. The van der Waals surface area contributed by atoms with Gasteiger partial charge in [-0.05, 0) is 30.7 Å². The summed E-state index contributed by atoms with van der Waals surface area (Å²) in [6.07, 6.45) is -0.0675. The van der Waals surface area contributed by atoms with Crippen LogP contribution >= 0.6 is 0 Å². The van der Waals surface area contributed by atoms with Crippen molar-refractivity contribution in [1.82, 2.24) is 25.1 Å². The smallest absolute Gasteiger partial charge is 0.258 e. The lowest BCUT2D eigenvalue weighted by Crippen LogP contribution is -2.22. The normalized spacial score (nSPS) is 17.2. The van der Waals surface area contributed by atoms with E-state index in [1.54, 1.807) is 0 Å². The molecular weight excluding hydrogens is 386 g/mol. The molecule has 4 aromatic rings. The third-order valence-electron chi connectivity index (χ3n) is 5.30. The molecular formula is C21H17N5O4. The Balaban J connectivity index is 1.27. The highest BCUT2D eigenvalue weighted by Gasteiger charge is 2.28. The number of nitrogens with zero attached hydrogens (tertiary/aromatic N) is 5. The van der Waals surface area contributed by atoms with E-state index in [9.17, 15) is 0 Å². The van der Waals surface area contributed by atoms with Crippen LogP contribution in [-0.4, -0.2) is 31.9 Å². The van der Waals surface area contributed by atoms with Crippen LogP contribution in [0.15, 0.2) is 47.0 Å². The van der Waals surface area contributed by atoms with E-state index in [2.05, 4.69) is 51.6 Å². The van der Waals surface area contributed by atoms with Crippen LogP contribution in [0.5, 0.6) is 11.5 Å². The van der Waals surface area contributed by atoms with E-state index in [0.29, 0.717) is 42.1 Å². The van der Waals surface area contributed by atoms with Gasteiger partial charge in [0.05, 0.1) is 18.8 Å². The van der Waals surface area contributed by atoms with Crippen LogP contribution < -0.4 is 9.47 Å². The van der Waals surface area contributed by atoms with Crippen LogP contribution in [0.25, 0.3) is 23.0 Å². The van der Waals surface area contributed by atoms with Gasteiger partial charge in [0.25, 0.3) is 5.89 Å². The molecule has 0 saturated carbocycles. The number of rotatable bonds is 3. The van der Waals surface area contributed by atoms with Gasteiger partial charge in [0.2, 0.25) is 12.6 Å². The summed E-state index contributed by atoms with van der Waals surface area (Å²) in [6.45, 7) is 3.23. The van der Waals surface area contributed by atoms with Gasteiger partial charge in [-0.25, -0.2) is 4.68 Å². The Morgan fingerprint density at radius 2 is 1.90 bits per heavy atom. The maximum atomic E-state index is 6.08. The average molecular weight is 403 g/mol. The van der Waals surface area contributed by atoms with E-state index < -0.39 is 0 Å². The minimum atomic E-state index is -0.0675. The van der Waals surface area contributed by atoms with Crippen LogP contribution in [0.2, 0.25) is 0 Å². The van der Waals surface area contributed by atoms with Gasteiger partial charge in [-0.15, -0.1) is 5.10 Å². The van der Waals surface area contributed by atoms with E-state index in [1.807, 2.05) is 22.9 Å². The Morgan fingerprint density at radius 1 is 1.03 bits per heavy atom. The number of hydrogen-bond donors (Lipinski definition) is 0. The molecule has 0 aliphatic carbocycles. The Morgan fingerprint density at radius 3 is 2.80 bits per heavy atom. The average Bonchev–Trinajstić information content (AvgIpc) is 3.51. The van der Waals surface area contributed by atoms with Crippen molar-refractivity contribution in [2.24, 2.45) is 0 Å². The molecule has 0 N–H and O–H groups in total. The van der Waals surface area contributed by atoms with Crippen LogP contribution in [0.4, 0.5) is 0 Å². The van der Waals surface area contributed by atoms with Crippen molar-refractivity contribution >= 4 is 0 Å². The molecule has 0 saturated heterocycles. The molecule has 0 spiro atoms. The molecule has 6 rings (SSSR count). The Hall–Kier alpha value is -3.72. The summed E-state index contributed by atoms with van der Waals surface area (Å²) >= 11 is 0. The second-order valence-corrected chi connectivity index (χ2v) is 7.27. The van der Waals surface area contributed by atoms with Gasteiger partial charge in [0, 0.05) is 5.56 Å². The zero-order chi connectivity index (χ0) is 20.1. The lowest BCUT2D eigenvalue weighted by molar-refractivity contribution is -0.00112. The van der Waals surface area contributed by atoms with Crippen molar-refractivity contribution in [3.63, 3.8) is 0 Å².